The summed E-state index contributed by atoms with van der Waals surface area (Å²) >= 11 is 3.18. The molecule has 6 heteroatoms. The molecular weight excluding hydrogens is 302 g/mol. The van der Waals surface area contributed by atoms with Gasteiger partial charge in [-0.2, -0.15) is 0 Å². The molecule has 0 saturated carbocycles. The lowest BCUT2D eigenvalue weighted by molar-refractivity contribution is 0.102. The number of carbonyl (C=O) groups excluding carboxylic acids is 1. The molecule has 2 aromatic rings. The molecule has 3 heterocycles. The molecule has 21 heavy (non-hydrogen) atoms. The van der Waals surface area contributed by atoms with E-state index in [1.807, 2.05) is 18.5 Å². The van der Waals surface area contributed by atoms with Crippen molar-refractivity contribution in [2.45, 2.75) is 31.6 Å². The van der Waals surface area contributed by atoms with Gasteiger partial charge in [-0.1, -0.05) is 11.8 Å². The molecule has 0 aliphatic carbocycles. The first-order chi connectivity index (χ1) is 10.2. The van der Waals surface area contributed by atoms with E-state index in [-0.39, 0.29) is 5.78 Å². The highest BCUT2D eigenvalue weighted by molar-refractivity contribution is 7.98. The van der Waals surface area contributed by atoms with Crippen molar-refractivity contribution in [3.63, 3.8) is 0 Å². The molecular formula is C15H17N3OS2. The summed E-state index contributed by atoms with van der Waals surface area (Å²) in [4.78, 5) is 24.8. The van der Waals surface area contributed by atoms with Gasteiger partial charge < -0.3 is 0 Å². The molecule has 0 bridgehead atoms. The Kier molecular flexibility index (Phi) is 4.37. The quantitative estimate of drug-likeness (QED) is 0.492. The van der Waals surface area contributed by atoms with E-state index in [4.69, 9.17) is 0 Å². The highest BCUT2D eigenvalue weighted by Gasteiger charge is 2.19. The van der Waals surface area contributed by atoms with Crippen LogP contribution in [-0.2, 0) is 19.5 Å². The third kappa shape index (κ3) is 3.33. The lowest BCUT2D eigenvalue weighted by Crippen LogP contribution is -2.30. The van der Waals surface area contributed by atoms with Gasteiger partial charge in [0.25, 0.3) is 0 Å². The molecule has 2 aromatic heterocycles. The van der Waals surface area contributed by atoms with Crippen molar-refractivity contribution in [1.82, 2.24) is 14.9 Å². The van der Waals surface area contributed by atoms with Crippen LogP contribution in [0.3, 0.4) is 0 Å². The Labute approximate surface area is 132 Å². The van der Waals surface area contributed by atoms with E-state index in [1.165, 1.54) is 16.1 Å². The van der Waals surface area contributed by atoms with Crippen LogP contribution in [0.5, 0.6) is 0 Å². The first-order valence-electron chi connectivity index (χ1n) is 6.86. The van der Waals surface area contributed by atoms with E-state index in [0.717, 1.165) is 36.1 Å². The van der Waals surface area contributed by atoms with Gasteiger partial charge >= 0.3 is 0 Å². The molecule has 0 fully saturated rings. The molecule has 1 aliphatic heterocycles. The molecule has 0 saturated heterocycles. The maximum atomic E-state index is 11.4. The topological polar surface area (TPSA) is 46.1 Å². The van der Waals surface area contributed by atoms with Crippen molar-refractivity contribution in [2.24, 2.45) is 0 Å². The minimum Gasteiger partial charge on any atom is -0.294 e. The lowest BCUT2D eigenvalue weighted by Gasteiger charge is -2.27. The average Bonchev–Trinajstić information content (AvgIpc) is 2.95. The van der Waals surface area contributed by atoms with E-state index in [2.05, 4.69) is 20.9 Å². The SMILES string of the molecule is CSc1ncc2c(n1)CCN(Cc1ccc(C(C)=O)s1)C2. The molecule has 3 rings (SSSR count). The van der Waals surface area contributed by atoms with Crippen molar-refractivity contribution in [3.05, 3.63) is 39.3 Å². The Hall–Kier alpha value is -1.24. The van der Waals surface area contributed by atoms with Crippen LogP contribution in [0.4, 0.5) is 0 Å². The third-order valence-electron chi connectivity index (χ3n) is 3.56. The maximum absolute atomic E-state index is 11.4. The largest absolute Gasteiger partial charge is 0.294 e. The monoisotopic (exact) mass is 319 g/mol. The van der Waals surface area contributed by atoms with Crippen molar-refractivity contribution in [1.29, 1.82) is 0 Å². The summed E-state index contributed by atoms with van der Waals surface area (Å²) in [5, 5.41) is 0.853. The van der Waals surface area contributed by atoms with E-state index < -0.39 is 0 Å². The van der Waals surface area contributed by atoms with Crippen LogP contribution in [0, 0.1) is 0 Å². The number of hydrogen-bond donors (Lipinski definition) is 0. The van der Waals surface area contributed by atoms with E-state index in [1.54, 1.807) is 30.0 Å². The molecule has 110 valence electrons. The fraction of sp³-hybridized carbons (Fsp3) is 0.400. The maximum Gasteiger partial charge on any atom is 0.187 e. The molecule has 0 spiro atoms. The number of carbonyl (C=O) groups is 1. The molecule has 0 aromatic carbocycles. The molecule has 0 radical (unpaired) electrons. The summed E-state index contributed by atoms with van der Waals surface area (Å²) in [7, 11) is 0. The summed E-state index contributed by atoms with van der Waals surface area (Å²) in [5.74, 6) is 0.147. The van der Waals surface area contributed by atoms with Crippen LogP contribution in [0.2, 0.25) is 0 Å². The molecule has 1 aliphatic rings. The Morgan fingerprint density at radius 1 is 1.48 bits per heavy atom. The number of fused-ring (bicyclic) bond motifs is 1. The molecule has 0 atom stereocenters. The van der Waals surface area contributed by atoms with E-state index in [9.17, 15) is 4.79 Å². The van der Waals surface area contributed by atoms with Gasteiger partial charge in [0.2, 0.25) is 0 Å². The number of aromatic nitrogens is 2. The van der Waals surface area contributed by atoms with Crippen LogP contribution in [0.1, 0.15) is 32.7 Å². The summed E-state index contributed by atoms with van der Waals surface area (Å²) in [6, 6.07) is 3.98. The van der Waals surface area contributed by atoms with Crippen LogP contribution in [0.15, 0.2) is 23.5 Å². The highest BCUT2D eigenvalue weighted by Crippen LogP contribution is 2.23. The fourth-order valence-corrected chi connectivity index (χ4v) is 3.77. The fourth-order valence-electron chi connectivity index (χ4n) is 2.46. The van der Waals surface area contributed by atoms with Gasteiger partial charge in [-0.25, -0.2) is 9.97 Å². The van der Waals surface area contributed by atoms with Gasteiger partial charge in [0.1, 0.15) is 0 Å². The molecule has 4 nitrogen and oxygen atoms in total. The normalized spacial score (nSPS) is 15.0. The van der Waals surface area contributed by atoms with Gasteiger partial charge in [-0.15, -0.1) is 11.3 Å². The summed E-state index contributed by atoms with van der Waals surface area (Å²) in [6.07, 6.45) is 4.92. The highest BCUT2D eigenvalue weighted by atomic mass is 32.2. The minimum absolute atomic E-state index is 0.147. The van der Waals surface area contributed by atoms with Crippen LogP contribution >= 0.6 is 23.1 Å². The zero-order valence-electron chi connectivity index (χ0n) is 12.1. The lowest BCUT2D eigenvalue weighted by atomic mass is 10.1. The third-order valence-corrected chi connectivity index (χ3v) is 5.29. The summed E-state index contributed by atoms with van der Waals surface area (Å²) in [5.41, 5.74) is 2.41. The number of thioether (sulfide) groups is 1. The first-order valence-corrected chi connectivity index (χ1v) is 8.90. The van der Waals surface area contributed by atoms with Gasteiger partial charge in [0.15, 0.2) is 10.9 Å². The van der Waals surface area contributed by atoms with Gasteiger partial charge in [-0.3, -0.25) is 9.69 Å². The molecule has 0 unspecified atom stereocenters. The predicted octanol–water partition coefficient (Wildman–Crippen LogP) is 3.02. The van der Waals surface area contributed by atoms with Crippen LogP contribution in [-0.4, -0.2) is 33.5 Å². The zero-order chi connectivity index (χ0) is 14.8. The second-order valence-electron chi connectivity index (χ2n) is 5.11. The Morgan fingerprint density at radius 3 is 3.05 bits per heavy atom. The zero-order valence-corrected chi connectivity index (χ0v) is 13.8. The number of ketones is 1. The van der Waals surface area contributed by atoms with Crippen LogP contribution < -0.4 is 0 Å². The number of nitrogens with zero attached hydrogens (tertiary/aromatic N) is 3. The minimum atomic E-state index is 0.147. The van der Waals surface area contributed by atoms with E-state index in [0.29, 0.717) is 0 Å². The van der Waals surface area contributed by atoms with Crippen LogP contribution in [0.25, 0.3) is 0 Å². The second kappa shape index (κ2) is 6.25. The first kappa shape index (κ1) is 14.7. The number of Topliss-reactive ketones (excluding diaryl/α,β-unsaturated/α-hetero) is 1. The Balaban J connectivity index is 1.69. The van der Waals surface area contributed by atoms with Crippen molar-refractivity contribution >= 4 is 28.9 Å². The predicted molar refractivity (Wildman–Crippen MR) is 86.0 cm³/mol. The van der Waals surface area contributed by atoms with Crippen molar-refractivity contribution < 1.29 is 4.79 Å². The summed E-state index contributed by atoms with van der Waals surface area (Å²) in [6.45, 7) is 4.40. The molecule has 0 amide bonds. The smallest absolute Gasteiger partial charge is 0.187 e. The Bertz CT molecular complexity index is 669. The average molecular weight is 319 g/mol. The van der Waals surface area contributed by atoms with Gasteiger partial charge in [0, 0.05) is 42.7 Å². The molecule has 0 N–H and O–H groups in total. The van der Waals surface area contributed by atoms with Crippen molar-refractivity contribution in [2.75, 3.05) is 12.8 Å². The van der Waals surface area contributed by atoms with E-state index >= 15 is 0 Å². The van der Waals surface area contributed by atoms with Crippen molar-refractivity contribution in [3.8, 4) is 0 Å². The second-order valence-corrected chi connectivity index (χ2v) is 7.05. The summed E-state index contributed by atoms with van der Waals surface area (Å²) < 4.78 is 0. The number of thiophene rings is 1. The number of rotatable bonds is 4. The number of hydrogen-bond acceptors (Lipinski definition) is 6. The van der Waals surface area contributed by atoms with Gasteiger partial charge in [0.05, 0.1) is 10.6 Å². The van der Waals surface area contributed by atoms with Gasteiger partial charge in [-0.05, 0) is 25.3 Å². The standard InChI is InChI=1S/C15H17N3OS2/c1-10(19)14-4-3-12(21-14)9-18-6-5-13-11(8-18)7-16-15(17-13)20-2/h3-4,7H,5-6,8-9H2,1-2H3. The Morgan fingerprint density at radius 2 is 2.33 bits per heavy atom.